The SMILES string of the molecule is CCCCCC/C(=C\[C@H]1O[C@@H](c2ccccc2)OC[C@@H]1N)C(=O)OC(C)(C)C. The van der Waals surface area contributed by atoms with Crippen molar-refractivity contribution in [2.24, 2.45) is 5.73 Å². The molecule has 28 heavy (non-hydrogen) atoms. The molecule has 2 N–H and O–H groups in total. The Morgan fingerprint density at radius 1 is 1.21 bits per heavy atom. The summed E-state index contributed by atoms with van der Waals surface area (Å²) in [6, 6.07) is 9.44. The van der Waals surface area contributed by atoms with Crippen molar-refractivity contribution in [3.63, 3.8) is 0 Å². The molecule has 1 saturated heterocycles. The summed E-state index contributed by atoms with van der Waals surface area (Å²) in [6.07, 6.45) is 5.98. The second-order valence-corrected chi connectivity index (χ2v) is 8.34. The molecule has 1 aliphatic rings. The Morgan fingerprint density at radius 3 is 2.57 bits per heavy atom. The molecule has 1 heterocycles. The zero-order valence-electron chi connectivity index (χ0n) is 17.6. The van der Waals surface area contributed by atoms with Crippen LogP contribution in [0.2, 0.25) is 0 Å². The maximum absolute atomic E-state index is 12.7. The Bertz CT molecular complexity index is 636. The number of ether oxygens (including phenoxy) is 3. The minimum absolute atomic E-state index is 0.289. The topological polar surface area (TPSA) is 70.8 Å². The summed E-state index contributed by atoms with van der Waals surface area (Å²) in [6.45, 7) is 8.17. The molecule has 5 heteroatoms. The van der Waals surface area contributed by atoms with Gasteiger partial charge in [-0.3, -0.25) is 0 Å². The van der Waals surface area contributed by atoms with Crippen molar-refractivity contribution in [2.75, 3.05) is 6.61 Å². The molecule has 1 aromatic rings. The predicted octanol–water partition coefficient (Wildman–Crippen LogP) is 4.67. The summed E-state index contributed by atoms with van der Waals surface area (Å²) in [4.78, 5) is 12.7. The first kappa shape index (κ1) is 22.6. The summed E-state index contributed by atoms with van der Waals surface area (Å²) < 4.78 is 17.5. The van der Waals surface area contributed by atoms with Gasteiger partial charge in [0.15, 0.2) is 6.29 Å². The summed E-state index contributed by atoms with van der Waals surface area (Å²) in [5.74, 6) is -0.289. The molecule has 0 saturated carbocycles. The van der Waals surface area contributed by atoms with Crippen LogP contribution >= 0.6 is 0 Å². The number of carbonyl (C=O) groups is 1. The largest absolute Gasteiger partial charge is 0.457 e. The maximum Gasteiger partial charge on any atom is 0.334 e. The number of carbonyl (C=O) groups excluding carboxylic acids is 1. The fourth-order valence-corrected chi connectivity index (χ4v) is 3.06. The van der Waals surface area contributed by atoms with E-state index in [9.17, 15) is 4.79 Å². The quantitative estimate of drug-likeness (QED) is 0.397. The highest BCUT2D eigenvalue weighted by molar-refractivity contribution is 5.88. The van der Waals surface area contributed by atoms with Crippen LogP contribution < -0.4 is 5.73 Å². The minimum Gasteiger partial charge on any atom is -0.457 e. The molecule has 1 aliphatic heterocycles. The number of hydrogen-bond donors (Lipinski definition) is 1. The van der Waals surface area contributed by atoms with E-state index in [1.807, 2.05) is 57.2 Å². The average Bonchev–Trinajstić information content (AvgIpc) is 2.65. The lowest BCUT2D eigenvalue weighted by atomic mass is 10.0. The molecule has 0 unspecified atom stereocenters. The van der Waals surface area contributed by atoms with E-state index in [-0.39, 0.29) is 12.0 Å². The first-order valence-corrected chi connectivity index (χ1v) is 10.3. The molecule has 1 fully saturated rings. The Labute approximate surface area is 169 Å². The van der Waals surface area contributed by atoms with E-state index in [1.54, 1.807) is 0 Å². The van der Waals surface area contributed by atoms with Gasteiger partial charge in [0.25, 0.3) is 0 Å². The Hall–Kier alpha value is -1.69. The van der Waals surface area contributed by atoms with Crippen LogP contribution in [0.15, 0.2) is 42.0 Å². The normalized spacial score (nSPS) is 23.5. The standard InChI is InChI=1S/C23H35NO4/c1-5-6-7-9-14-18(21(25)28-23(2,3)4)15-20-19(24)16-26-22(27-20)17-12-10-8-11-13-17/h8,10-13,15,19-20,22H,5-7,9,14,16,24H2,1-4H3/b18-15+/t19-,20+,22-/m0/s1. The molecule has 0 bridgehead atoms. The molecule has 5 nitrogen and oxygen atoms in total. The van der Waals surface area contributed by atoms with Gasteiger partial charge in [-0.1, -0.05) is 56.5 Å². The van der Waals surface area contributed by atoms with E-state index in [4.69, 9.17) is 19.9 Å². The second-order valence-electron chi connectivity index (χ2n) is 8.34. The highest BCUT2D eigenvalue weighted by Gasteiger charge is 2.31. The Kier molecular flexibility index (Phi) is 8.67. The molecule has 156 valence electrons. The van der Waals surface area contributed by atoms with Crippen molar-refractivity contribution in [2.45, 2.75) is 83.8 Å². The monoisotopic (exact) mass is 389 g/mol. The molecule has 2 rings (SSSR count). The van der Waals surface area contributed by atoms with E-state index in [2.05, 4.69) is 6.92 Å². The molecular weight excluding hydrogens is 354 g/mol. The van der Waals surface area contributed by atoms with Gasteiger partial charge in [0.05, 0.1) is 18.8 Å². The van der Waals surface area contributed by atoms with Crippen molar-refractivity contribution in [3.8, 4) is 0 Å². The van der Waals surface area contributed by atoms with Gasteiger partial charge in [0.2, 0.25) is 0 Å². The number of hydrogen-bond acceptors (Lipinski definition) is 5. The third-order valence-corrected chi connectivity index (χ3v) is 4.54. The molecule has 0 aliphatic carbocycles. The molecular formula is C23H35NO4. The van der Waals surface area contributed by atoms with Gasteiger partial charge in [-0.05, 0) is 39.7 Å². The minimum atomic E-state index is -0.537. The average molecular weight is 390 g/mol. The van der Waals surface area contributed by atoms with E-state index in [0.29, 0.717) is 18.6 Å². The van der Waals surface area contributed by atoms with Gasteiger partial charge in [0, 0.05) is 11.1 Å². The van der Waals surface area contributed by atoms with Crippen LogP contribution in [0.25, 0.3) is 0 Å². The van der Waals surface area contributed by atoms with Gasteiger partial charge in [-0.15, -0.1) is 0 Å². The fraction of sp³-hybridized carbons (Fsp3) is 0.609. The van der Waals surface area contributed by atoms with Gasteiger partial charge in [-0.25, -0.2) is 4.79 Å². The third kappa shape index (κ3) is 7.38. The van der Waals surface area contributed by atoms with Gasteiger partial charge < -0.3 is 19.9 Å². The van der Waals surface area contributed by atoms with Crippen LogP contribution in [0, 0.1) is 0 Å². The zero-order chi connectivity index (χ0) is 20.6. The summed E-state index contributed by atoms with van der Waals surface area (Å²) in [7, 11) is 0. The van der Waals surface area contributed by atoms with Gasteiger partial charge >= 0.3 is 5.97 Å². The van der Waals surface area contributed by atoms with Crippen LogP contribution in [-0.4, -0.2) is 30.3 Å². The Balaban J connectivity index is 2.14. The van der Waals surface area contributed by atoms with Crippen LogP contribution in [0.3, 0.4) is 0 Å². The number of unbranched alkanes of at least 4 members (excludes halogenated alkanes) is 3. The third-order valence-electron chi connectivity index (χ3n) is 4.54. The number of nitrogens with two attached hydrogens (primary N) is 1. The molecule has 1 aromatic carbocycles. The summed E-state index contributed by atoms with van der Waals surface area (Å²) in [5, 5.41) is 0. The van der Waals surface area contributed by atoms with E-state index < -0.39 is 18.0 Å². The summed E-state index contributed by atoms with van der Waals surface area (Å²) in [5.41, 5.74) is 7.27. The highest BCUT2D eigenvalue weighted by atomic mass is 16.7. The molecule has 0 radical (unpaired) electrons. The number of esters is 1. The molecule has 0 spiro atoms. The van der Waals surface area contributed by atoms with Gasteiger partial charge in [-0.2, -0.15) is 0 Å². The van der Waals surface area contributed by atoms with Crippen LogP contribution in [0.1, 0.15) is 71.7 Å². The summed E-state index contributed by atoms with van der Waals surface area (Å²) >= 11 is 0. The Morgan fingerprint density at radius 2 is 1.93 bits per heavy atom. The molecule has 3 atom stereocenters. The van der Waals surface area contributed by atoms with E-state index in [1.165, 1.54) is 0 Å². The lowest BCUT2D eigenvalue weighted by Crippen LogP contribution is -2.45. The zero-order valence-corrected chi connectivity index (χ0v) is 17.6. The molecule has 0 amide bonds. The van der Waals surface area contributed by atoms with Crippen molar-refractivity contribution >= 4 is 5.97 Å². The van der Waals surface area contributed by atoms with E-state index in [0.717, 1.165) is 31.2 Å². The fourth-order valence-electron chi connectivity index (χ4n) is 3.06. The number of benzene rings is 1. The van der Waals surface area contributed by atoms with E-state index >= 15 is 0 Å². The van der Waals surface area contributed by atoms with Crippen LogP contribution in [-0.2, 0) is 19.0 Å². The smallest absolute Gasteiger partial charge is 0.334 e. The highest BCUT2D eigenvalue weighted by Crippen LogP contribution is 2.28. The second kappa shape index (κ2) is 10.7. The van der Waals surface area contributed by atoms with Crippen LogP contribution in [0.4, 0.5) is 0 Å². The van der Waals surface area contributed by atoms with Crippen molar-refractivity contribution in [1.29, 1.82) is 0 Å². The lowest BCUT2D eigenvalue weighted by Gasteiger charge is -2.34. The lowest BCUT2D eigenvalue weighted by molar-refractivity contribution is -0.212. The number of rotatable bonds is 8. The maximum atomic E-state index is 12.7. The van der Waals surface area contributed by atoms with Crippen molar-refractivity contribution in [3.05, 3.63) is 47.5 Å². The molecule has 0 aromatic heterocycles. The first-order chi connectivity index (χ1) is 13.3. The van der Waals surface area contributed by atoms with Gasteiger partial charge in [0.1, 0.15) is 5.60 Å². The predicted molar refractivity (Wildman–Crippen MR) is 111 cm³/mol. The van der Waals surface area contributed by atoms with Crippen LogP contribution in [0.5, 0.6) is 0 Å². The first-order valence-electron chi connectivity index (χ1n) is 10.3. The van der Waals surface area contributed by atoms with Crippen molar-refractivity contribution < 1.29 is 19.0 Å². The van der Waals surface area contributed by atoms with Crippen molar-refractivity contribution in [1.82, 2.24) is 0 Å².